The number of carbonyl (C=O) groups is 1. The van der Waals surface area contributed by atoms with Gasteiger partial charge in [-0.2, -0.15) is 4.98 Å². The Kier molecular flexibility index (Phi) is 4.77. The van der Waals surface area contributed by atoms with Gasteiger partial charge in [0.25, 0.3) is 5.91 Å². The van der Waals surface area contributed by atoms with Crippen molar-refractivity contribution < 1.29 is 18.8 Å². The van der Waals surface area contributed by atoms with Crippen molar-refractivity contribution in [3.63, 3.8) is 0 Å². The van der Waals surface area contributed by atoms with Gasteiger partial charge in [0.05, 0.1) is 6.61 Å². The van der Waals surface area contributed by atoms with Crippen molar-refractivity contribution in [3.05, 3.63) is 36.0 Å². The molecule has 2 fully saturated rings. The van der Waals surface area contributed by atoms with Crippen LogP contribution < -0.4 is 9.47 Å². The van der Waals surface area contributed by atoms with E-state index in [2.05, 4.69) is 10.1 Å². The number of likely N-dealkylation sites (tertiary alicyclic amines) is 1. The van der Waals surface area contributed by atoms with Crippen molar-refractivity contribution in [1.29, 1.82) is 0 Å². The second kappa shape index (κ2) is 7.35. The predicted molar refractivity (Wildman–Crippen MR) is 93.1 cm³/mol. The van der Waals surface area contributed by atoms with Gasteiger partial charge in [-0.1, -0.05) is 5.16 Å². The van der Waals surface area contributed by atoms with E-state index in [1.165, 1.54) is 0 Å². The van der Waals surface area contributed by atoms with Gasteiger partial charge in [-0.25, -0.2) is 0 Å². The zero-order valence-corrected chi connectivity index (χ0v) is 14.9. The molecule has 0 N–H and O–H groups in total. The van der Waals surface area contributed by atoms with Crippen LogP contribution in [0.15, 0.2) is 28.8 Å². The Bertz CT molecular complexity index is 754. The predicted octanol–water partition coefficient (Wildman–Crippen LogP) is 3.09. The van der Waals surface area contributed by atoms with Gasteiger partial charge in [0.15, 0.2) is 12.4 Å². The lowest BCUT2D eigenvalue weighted by atomic mass is 10.2. The lowest BCUT2D eigenvalue weighted by Gasteiger charge is -2.21. The summed E-state index contributed by atoms with van der Waals surface area (Å²) in [4.78, 5) is 18.9. The molecule has 7 heteroatoms. The monoisotopic (exact) mass is 357 g/mol. The van der Waals surface area contributed by atoms with Crippen molar-refractivity contribution in [3.8, 4) is 11.5 Å². The van der Waals surface area contributed by atoms with Gasteiger partial charge in [0, 0.05) is 12.5 Å². The third-order valence-electron chi connectivity index (χ3n) is 4.76. The minimum Gasteiger partial charge on any atom is -0.494 e. The highest BCUT2D eigenvalue weighted by molar-refractivity contribution is 5.78. The molecule has 1 aromatic heterocycles. The number of carbonyl (C=O) groups excluding carboxylic acids is 1. The van der Waals surface area contributed by atoms with Crippen LogP contribution in [-0.2, 0) is 4.79 Å². The van der Waals surface area contributed by atoms with E-state index in [9.17, 15) is 4.79 Å². The van der Waals surface area contributed by atoms with E-state index in [4.69, 9.17) is 14.0 Å². The summed E-state index contributed by atoms with van der Waals surface area (Å²) in [7, 11) is 0. The van der Waals surface area contributed by atoms with Crippen molar-refractivity contribution in [1.82, 2.24) is 15.0 Å². The quantitative estimate of drug-likeness (QED) is 0.758. The van der Waals surface area contributed by atoms with E-state index < -0.39 is 0 Å². The minimum absolute atomic E-state index is 0.00585. The van der Waals surface area contributed by atoms with Crippen molar-refractivity contribution in [2.45, 2.75) is 44.6 Å². The number of amides is 1. The van der Waals surface area contributed by atoms with E-state index in [1.54, 1.807) is 17.0 Å². The Labute approximate surface area is 152 Å². The third kappa shape index (κ3) is 3.66. The summed E-state index contributed by atoms with van der Waals surface area (Å²) >= 11 is 0. The van der Waals surface area contributed by atoms with Gasteiger partial charge in [-0.15, -0.1) is 0 Å². The molecular formula is C19H23N3O4. The molecule has 7 nitrogen and oxygen atoms in total. The van der Waals surface area contributed by atoms with Gasteiger partial charge in [0.2, 0.25) is 5.89 Å². The highest BCUT2D eigenvalue weighted by Gasteiger charge is 2.36. The van der Waals surface area contributed by atoms with Crippen molar-refractivity contribution in [2.24, 2.45) is 0 Å². The maximum atomic E-state index is 12.6. The molecule has 138 valence electrons. The molecule has 1 saturated heterocycles. The van der Waals surface area contributed by atoms with E-state index >= 15 is 0 Å². The fourth-order valence-corrected chi connectivity index (χ4v) is 3.24. The first-order valence-corrected chi connectivity index (χ1v) is 9.23. The highest BCUT2D eigenvalue weighted by Crippen LogP contribution is 2.39. The van der Waals surface area contributed by atoms with Crippen molar-refractivity contribution >= 4 is 5.91 Å². The summed E-state index contributed by atoms with van der Waals surface area (Å²) in [6.07, 6.45) is 4.03. The summed E-state index contributed by atoms with van der Waals surface area (Å²) in [5.74, 6) is 3.15. The average molecular weight is 357 g/mol. The smallest absolute Gasteiger partial charge is 0.261 e. The summed E-state index contributed by atoms with van der Waals surface area (Å²) in [6, 6.07) is 7.14. The molecule has 2 heterocycles. The molecule has 1 unspecified atom stereocenters. The number of ether oxygens (including phenoxy) is 2. The van der Waals surface area contributed by atoms with Gasteiger partial charge in [0.1, 0.15) is 17.5 Å². The molecule has 2 aromatic rings. The molecule has 1 amide bonds. The average Bonchev–Trinajstić information content (AvgIpc) is 3.19. The van der Waals surface area contributed by atoms with E-state index in [0.717, 1.165) is 37.3 Å². The topological polar surface area (TPSA) is 77.7 Å². The molecular weight excluding hydrogens is 334 g/mol. The second-order valence-electron chi connectivity index (χ2n) is 6.70. The van der Waals surface area contributed by atoms with Crippen LogP contribution in [0.5, 0.6) is 11.5 Å². The summed E-state index contributed by atoms with van der Waals surface area (Å²) < 4.78 is 16.5. The first kappa shape index (κ1) is 16.9. The first-order chi connectivity index (χ1) is 12.7. The lowest BCUT2D eigenvalue weighted by Crippen LogP contribution is -2.34. The highest BCUT2D eigenvalue weighted by atomic mass is 16.5. The number of hydrogen-bond acceptors (Lipinski definition) is 6. The standard InChI is InChI=1S/C19H23N3O4/c1-2-24-14-7-9-15(10-8-14)25-12-17(23)22-11-3-4-16(22)19-20-18(21-26-19)13-5-6-13/h7-10,13,16H,2-6,11-12H2,1H3. The molecule has 1 aliphatic carbocycles. The molecule has 4 rings (SSSR count). The van der Waals surface area contributed by atoms with Gasteiger partial charge in [-0.3, -0.25) is 4.79 Å². The Hall–Kier alpha value is -2.57. The molecule has 1 aliphatic heterocycles. The van der Waals surface area contributed by atoms with Gasteiger partial charge in [-0.05, 0) is 56.9 Å². The zero-order valence-electron chi connectivity index (χ0n) is 14.9. The Balaban J connectivity index is 1.35. The van der Waals surface area contributed by atoms with Crippen LogP contribution in [0.25, 0.3) is 0 Å². The Morgan fingerprint density at radius 1 is 1.19 bits per heavy atom. The largest absolute Gasteiger partial charge is 0.494 e. The summed E-state index contributed by atoms with van der Waals surface area (Å²) in [5.41, 5.74) is 0. The van der Waals surface area contributed by atoms with Crippen LogP contribution in [0, 0.1) is 0 Å². The molecule has 0 radical (unpaired) electrons. The molecule has 26 heavy (non-hydrogen) atoms. The van der Waals surface area contributed by atoms with E-state index in [-0.39, 0.29) is 18.6 Å². The van der Waals surface area contributed by atoms with Crippen LogP contribution in [-0.4, -0.2) is 40.7 Å². The molecule has 0 spiro atoms. The molecule has 1 aromatic carbocycles. The first-order valence-electron chi connectivity index (χ1n) is 9.23. The summed E-state index contributed by atoms with van der Waals surface area (Å²) in [5, 5.41) is 4.07. The molecule has 1 saturated carbocycles. The fraction of sp³-hybridized carbons (Fsp3) is 0.526. The third-order valence-corrected chi connectivity index (χ3v) is 4.76. The molecule has 0 bridgehead atoms. The zero-order chi connectivity index (χ0) is 17.9. The van der Waals surface area contributed by atoms with Crippen molar-refractivity contribution in [2.75, 3.05) is 19.8 Å². The van der Waals surface area contributed by atoms with E-state index in [1.807, 2.05) is 19.1 Å². The fourth-order valence-electron chi connectivity index (χ4n) is 3.24. The molecule has 2 aliphatic rings. The SMILES string of the molecule is CCOc1ccc(OCC(=O)N2CCCC2c2nc(C3CC3)no2)cc1. The molecule has 1 atom stereocenters. The van der Waals surface area contributed by atoms with Crippen LogP contribution >= 0.6 is 0 Å². The Morgan fingerprint density at radius 2 is 1.92 bits per heavy atom. The normalized spacial score (nSPS) is 19.6. The maximum absolute atomic E-state index is 12.6. The number of nitrogens with zero attached hydrogens (tertiary/aromatic N) is 3. The van der Waals surface area contributed by atoms with Gasteiger partial charge < -0.3 is 18.9 Å². The number of benzene rings is 1. The Morgan fingerprint density at radius 3 is 2.62 bits per heavy atom. The second-order valence-corrected chi connectivity index (χ2v) is 6.70. The maximum Gasteiger partial charge on any atom is 0.261 e. The summed E-state index contributed by atoms with van der Waals surface area (Å²) in [6.45, 7) is 3.24. The van der Waals surface area contributed by atoms with Crippen LogP contribution in [0.2, 0.25) is 0 Å². The van der Waals surface area contributed by atoms with E-state index in [0.29, 0.717) is 30.7 Å². The number of aromatic nitrogens is 2. The van der Waals surface area contributed by atoms with Gasteiger partial charge >= 0.3 is 0 Å². The van der Waals surface area contributed by atoms with Crippen LogP contribution in [0.1, 0.15) is 56.3 Å². The minimum atomic E-state index is -0.133. The number of rotatable bonds is 7. The van der Waals surface area contributed by atoms with Crippen LogP contribution in [0.4, 0.5) is 0 Å². The van der Waals surface area contributed by atoms with Crippen LogP contribution in [0.3, 0.4) is 0 Å². The number of hydrogen-bond donors (Lipinski definition) is 0. The lowest BCUT2D eigenvalue weighted by molar-refractivity contribution is -0.134.